The van der Waals surface area contributed by atoms with Crippen molar-refractivity contribution in [3.8, 4) is 11.4 Å². The zero-order chi connectivity index (χ0) is 19.3. The van der Waals surface area contributed by atoms with Crippen molar-refractivity contribution in [2.45, 2.75) is 6.54 Å². The molecule has 0 N–H and O–H groups in total. The topological polar surface area (TPSA) is 41.4 Å². The van der Waals surface area contributed by atoms with Gasteiger partial charge in [-0.15, -0.1) is 0 Å². The van der Waals surface area contributed by atoms with E-state index in [9.17, 15) is 9.18 Å². The van der Waals surface area contributed by atoms with Crippen LogP contribution in [0.2, 0.25) is 0 Å². The summed E-state index contributed by atoms with van der Waals surface area (Å²) in [6.45, 7) is 4.53. The summed E-state index contributed by atoms with van der Waals surface area (Å²) >= 11 is 0. The van der Waals surface area contributed by atoms with Crippen molar-refractivity contribution in [1.82, 2.24) is 19.4 Å². The van der Waals surface area contributed by atoms with Crippen LogP contribution >= 0.6 is 0 Å². The summed E-state index contributed by atoms with van der Waals surface area (Å²) in [5, 5.41) is 0. The predicted octanol–water partition coefficient (Wildman–Crippen LogP) is 3.15. The minimum Gasteiger partial charge on any atom is -0.336 e. The molecule has 0 unspecified atom stereocenters. The molecule has 28 heavy (non-hydrogen) atoms. The maximum atomic E-state index is 13.9. The molecule has 144 valence electrons. The Morgan fingerprint density at radius 3 is 2.39 bits per heavy atom. The lowest BCUT2D eigenvalue weighted by Crippen LogP contribution is -2.49. The van der Waals surface area contributed by atoms with Gasteiger partial charge in [-0.05, 0) is 12.1 Å². The van der Waals surface area contributed by atoms with Crippen LogP contribution in [0.4, 0.5) is 4.39 Å². The Bertz CT molecular complexity index is 932. The first-order chi connectivity index (χ1) is 13.7. The molecule has 1 saturated heterocycles. The number of carbonyl (C=O) groups is 1. The number of halogens is 1. The third-order valence-corrected chi connectivity index (χ3v) is 5.17. The first-order valence-corrected chi connectivity index (χ1v) is 9.55. The Hall–Kier alpha value is -2.99. The van der Waals surface area contributed by atoms with Gasteiger partial charge in [-0.1, -0.05) is 42.5 Å². The Labute approximate surface area is 164 Å². The number of carbonyl (C=O) groups excluding carboxylic acids is 1. The van der Waals surface area contributed by atoms with E-state index in [1.807, 2.05) is 30.6 Å². The minimum absolute atomic E-state index is 0.155. The van der Waals surface area contributed by atoms with Gasteiger partial charge in [-0.3, -0.25) is 9.69 Å². The SMILES string of the molecule is O=C(c1ccccc1F)N1CCN(CCn2ccnc2-c2ccccc2)CC1. The number of hydrogen-bond acceptors (Lipinski definition) is 3. The van der Waals surface area contributed by atoms with Crippen LogP contribution in [0.3, 0.4) is 0 Å². The van der Waals surface area contributed by atoms with Crippen LogP contribution in [0.5, 0.6) is 0 Å². The fraction of sp³-hybridized carbons (Fsp3) is 0.273. The smallest absolute Gasteiger partial charge is 0.256 e. The van der Waals surface area contributed by atoms with Gasteiger partial charge < -0.3 is 9.47 Å². The highest BCUT2D eigenvalue weighted by Gasteiger charge is 2.23. The van der Waals surface area contributed by atoms with E-state index in [1.165, 1.54) is 6.07 Å². The molecular weight excluding hydrogens is 355 g/mol. The van der Waals surface area contributed by atoms with Gasteiger partial charge in [0, 0.05) is 57.2 Å². The number of nitrogens with zero attached hydrogens (tertiary/aromatic N) is 4. The number of rotatable bonds is 5. The molecule has 1 aromatic heterocycles. The molecule has 5 nitrogen and oxygen atoms in total. The zero-order valence-corrected chi connectivity index (χ0v) is 15.7. The summed E-state index contributed by atoms with van der Waals surface area (Å²) in [6, 6.07) is 16.3. The molecule has 3 aromatic rings. The molecule has 0 spiro atoms. The van der Waals surface area contributed by atoms with Crippen LogP contribution in [0.15, 0.2) is 67.0 Å². The maximum Gasteiger partial charge on any atom is 0.256 e. The van der Waals surface area contributed by atoms with Crippen molar-refractivity contribution in [3.05, 3.63) is 78.4 Å². The van der Waals surface area contributed by atoms with Gasteiger partial charge in [0.25, 0.3) is 5.91 Å². The molecule has 2 heterocycles. The molecule has 0 aliphatic carbocycles. The van der Waals surface area contributed by atoms with Gasteiger partial charge in [0.1, 0.15) is 11.6 Å². The average Bonchev–Trinajstić information content (AvgIpc) is 3.22. The van der Waals surface area contributed by atoms with Gasteiger partial charge in [0.2, 0.25) is 0 Å². The van der Waals surface area contributed by atoms with Gasteiger partial charge >= 0.3 is 0 Å². The number of aromatic nitrogens is 2. The van der Waals surface area contributed by atoms with Crippen LogP contribution in [0.25, 0.3) is 11.4 Å². The predicted molar refractivity (Wildman–Crippen MR) is 106 cm³/mol. The molecule has 0 radical (unpaired) electrons. The van der Waals surface area contributed by atoms with Crippen molar-refractivity contribution in [1.29, 1.82) is 0 Å². The average molecular weight is 378 g/mol. The van der Waals surface area contributed by atoms with Crippen molar-refractivity contribution in [2.75, 3.05) is 32.7 Å². The summed E-state index contributed by atoms with van der Waals surface area (Å²) in [5.74, 6) is 0.288. The van der Waals surface area contributed by atoms with Gasteiger partial charge in [0.15, 0.2) is 0 Å². The number of benzene rings is 2. The summed E-state index contributed by atoms with van der Waals surface area (Å²) < 4.78 is 16.0. The van der Waals surface area contributed by atoms with E-state index in [0.717, 1.165) is 37.6 Å². The van der Waals surface area contributed by atoms with Crippen LogP contribution in [0.1, 0.15) is 10.4 Å². The summed E-state index contributed by atoms with van der Waals surface area (Å²) in [4.78, 5) is 21.1. The summed E-state index contributed by atoms with van der Waals surface area (Å²) in [6.07, 6.45) is 3.83. The van der Waals surface area contributed by atoms with E-state index in [0.29, 0.717) is 13.1 Å². The quantitative estimate of drug-likeness (QED) is 0.685. The molecule has 6 heteroatoms. The second-order valence-electron chi connectivity index (χ2n) is 6.92. The summed E-state index contributed by atoms with van der Waals surface area (Å²) in [7, 11) is 0. The van der Waals surface area contributed by atoms with Crippen LogP contribution in [-0.4, -0.2) is 58.0 Å². The molecule has 0 saturated carbocycles. The lowest BCUT2D eigenvalue weighted by atomic mass is 10.1. The number of hydrogen-bond donors (Lipinski definition) is 0. The highest BCUT2D eigenvalue weighted by atomic mass is 19.1. The molecule has 1 fully saturated rings. The highest BCUT2D eigenvalue weighted by molar-refractivity contribution is 5.94. The maximum absolute atomic E-state index is 13.9. The minimum atomic E-state index is -0.455. The van der Waals surface area contributed by atoms with Gasteiger partial charge in [-0.2, -0.15) is 0 Å². The Morgan fingerprint density at radius 1 is 0.929 bits per heavy atom. The second kappa shape index (κ2) is 8.35. The molecule has 4 rings (SSSR count). The van der Waals surface area contributed by atoms with E-state index < -0.39 is 5.82 Å². The van der Waals surface area contributed by atoms with E-state index in [4.69, 9.17) is 0 Å². The number of piperazine rings is 1. The lowest BCUT2D eigenvalue weighted by Gasteiger charge is -2.35. The molecule has 1 aliphatic rings. The van der Waals surface area contributed by atoms with Crippen LogP contribution in [-0.2, 0) is 6.54 Å². The monoisotopic (exact) mass is 378 g/mol. The van der Waals surface area contributed by atoms with Crippen LogP contribution < -0.4 is 0 Å². The van der Waals surface area contributed by atoms with Crippen molar-refractivity contribution < 1.29 is 9.18 Å². The zero-order valence-electron chi connectivity index (χ0n) is 15.7. The third-order valence-electron chi connectivity index (χ3n) is 5.17. The molecule has 0 atom stereocenters. The first kappa shape index (κ1) is 18.4. The highest BCUT2D eigenvalue weighted by Crippen LogP contribution is 2.17. The molecule has 0 bridgehead atoms. The first-order valence-electron chi connectivity index (χ1n) is 9.55. The summed E-state index contributed by atoms with van der Waals surface area (Å²) in [5.41, 5.74) is 1.26. The fourth-order valence-electron chi connectivity index (χ4n) is 3.57. The van der Waals surface area contributed by atoms with Crippen LogP contribution in [0, 0.1) is 5.82 Å². The molecule has 2 aromatic carbocycles. The van der Waals surface area contributed by atoms with Crippen molar-refractivity contribution in [3.63, 3.8) is 0 Å². The van der Waals surface area contributed by atoms with E-state index in [1.54, 1.807) is 23.1 Å². The van der Waals surface area contributed by atoms with Gasteiger partial charge in [0.05, 0.1) is 5.56 Å². The number of imidazole rings is 1. The van der Waals surface area contributed by atoms with E-state index in [2.05, 4.69) is 26.6 Å². The van der Waals surface area contributed by atoms with Crippen molar-refractivity contribution in [2.24, 2.45) is 0 Å². The normalized spacial score (nSPS) is 15.0. The lowest BCUT2D eigenvalue weighted by molar-refractivity contribution is 0.0629. The largest absolute Gasteiger partial charge is 0.336 e. The third kappa shape index (κ3) is 3.97. The van der Waals surface area contributed by atoms with E-state index in [-0.39, 0.29) is 11.5 Å². The Balaban J connectivity index is 1.32. The molecule has 1 aliphatic heterocycles. The van der Waals surface area contributed by atoms with Gasteiger partial charge in [-0.25, -0.2) is 9.37 Å². The fourth-order valence-corrected chi connectivity index (χ4v) is 3.57. The molecule has 1 amide bonds. The standard InChI is InChI=1S/C22H23FN4O/c23-20-9-5-4-8-19(20)22(28)27-16-13-25(14-17-27)12-15-26-11-10-24-21(26)18-6-2-1-3-7-18/h1-11H,12-17H2. The number of amides is 1. The van der Waals surface area contributed by atoms with Crippen molar-refractivity contribution >= 4 is 5.91 Å². The Kier molecular flexibility index (Phi) is 5.48. The second-order valence-corrected chi connectivity index (χ2v) is 6.92. The Morgan fingerprint density at radius 2 is 1.64 bits per heavy atom. The molecular formula is C22H23FN4O. The van der Waals surface area contributed by atoms with E-state index >= 15 is 0 Å².